The van der Waals surface area contributed by atoms with Crippen molar-refractivity contribution in [2.75, 3.05) is 4.90 Å². The van der Waals surface area contributed by atoms with Crippen LogP contribution in [0.3, 0.4) is 0 Å². The van der Waals surface area contributed by atoms with E-state index < -0.39 is 8.07 Å². The zero-order valence-electron chi connectivity index (χ0n) is 28.9. The third-order valence-electron chi connectivity index (χ3n) is 11.2. The van der Waals surface area contributed by atoms with Crippen LogP contribution in [0.1, 0.15) is 0 Å². The van der Waals surface area contributed by atoms with E-state index in [4.69, 9.17) is 8.83 Å². The largest absolute Gasteiger partial charge is 0.456 e. The second-order valence-electron chi connectivity index (χ2n) is 14.5. The molecule has 0 aliphatic carbocycles. The molecule has 0 atom stereocenters. The van der Waals surface area contributed by atoms with Crippen molar-refractivity contribution in [2.45, 2.75) is 13.1 Å². The van der Waals surface area contributed by atoms with Gasteiger partial charge in [0, 0.05) is 27.5 Å². The number of para-hydroxylation sites is 2. The monoisotopic (exact) mass is 683 g/mol. The number of fused-ring (bicyclic) bond motifs is 11. The lowest BCUT2D eigenvalue weighted by atomic mass is 10.0. The minimum absolute atomic E-state index is 0.882. The van der Waals surface area contributed by atoms with Gasteiger partial charge in [-0.05, 0) is 104 Å². The molecule has 0 fully saturated rings. The van der Waals surface area contributed by atoms with Crippen molar-refractivity contribution in [3.05, 3.63) is 164 Å². The summed E-state index contributed by atoms with van der Waals surface area (Å²) in [5, 5.41) is 9.92. The number of rotatable bonds is 4. The first-order valence-electron chi connectivity index (χ1n) is 17.9. The van der Waals surface area contributed by atoms with Crippen molar-refractivity contribution in [1.82, 2.24) is 0 Å². The van der Waals surface area contributed by atoms with Gasteiger partial charge in [0.05, 0.1) is 11.1 Å². The van der Waals surface area contributed by atoms with Gasteiger partial charge in [-0.15, -0.1) is 0 Å². The molecule has 0 spiro atoms. The Morgan fingerprint density at radius 1 is 0.462 bits per heavy atom. The molecule has 0 amide bonds. The highest BCUT2D eigenvalue weighted by Gasteiger charge is 2.41. The Hall–Kier alpha value is -6.36. The van der Waals surface area contributed by atoms with Crippen LogP contribution in [0.25, 0.3) is 76.9 Å². The number of benzene rings is 8. The Balaban J connectivity index is 1.10. The average Bonchev–Trinajstić information content (AvgIpc) is 3.83. The summed E-state index contributed by atoms with van der Waals surface area (Å²) >= 11 is 0. The molecule has 0 radical (unpaired) electrons. The number of hydrogen-bond acceptors (Lipinski definition) is 3. The van der Waals surface area contributed by atoms with Crippen LogP contribution in [-0.2, 0) is 0 Å². The second-order valence-corrected chi connectivity index (χ2v) is 18.8. The smallest absolute Gasteiger partial charge is 0.137 e. The summed E-state index contributed by atoms with van der Waals surface area (Å²) < 4.78 is 13.1. The van der Waals surface area contributed by atoms with Gasteiger partial charge in [-0.1, -0.05) is 116 Å². The van der Waals surface area contributed by atoms with Crippen molar-refractivity contribution in [1.29, 1.82) is 0 Å². The minimum atomic E-state index is -2.19. The molecule has 0 bridgehead atoms. The van der Waals surface area contributed by atoms with E-state index in [0.717, 1.165) is 50.2 Å². The van der Waals surface area contributed by atoms with Gasteiger partial charge in [0.1, 0.15) is 30.4 Å². The van der Waals surface area contributed by atoms with Crippen LogP contribution in [0.5, 0.6) is 0 Å². The van der Waals surface area contributed by atoms with E-state index in [1.54, 1.807) is 0 Å². The van der Waals surface area contributed by atoms with Crippen LogP contribution in [0.4, 0.5) is 17.1 Å². The zero-order chi connectivity index (χ0) is 34.6. The highest BCUT2D eigenvalue weighted by atomic mass is 28.3. The Kier molecular flexibility index (Phi) is 6.11. The Labute approximate surface area is 302 Å². The molecule has 3 heterocycles. The first kappa shape index (κ1) is 29.4. The molecule has 0 saturated carbocycles. The molecule has 4 heteroatoms. The van der Waals surface area contributed by atoms with E-state index >= 15 is 0 Å². The van der Waals surface area contributed by atoms with E-state index in [1.807, 2.05) is 6.07 Å². The summed E-state index contributed by atoms with van der Waals surface area (Å²) in [6.45, 7) is 4.95. The summed E-state index contributed by atoms with van der Waals surface area (Å²) in [7, 11) is -2.19. The van der Waals surface area contributed by atoms with E-state index in [0.29, 0.717) is 0 Å². The van der Waals surface area contributed by atoms with Crippen LogP contribution in [0.15, 0.2) is 173 Å². The maximum absolute atomic E-state index is 6.64. The molecule has 8 aromatic carbocycles. The molecule has 10 aromatic rings. The summed E-state index contributed by atoms with van der Waals surface area (Å²) in [5.74, 6) is 0. The first-order chi connectivity index (χ1) is 25.5. The Bertz CT molecular complexity index is 3060. The van der Waals surface area contributed by atoms with Gasteiger partial charge < -0.3 is 13.7 Å². The minimum Gasteiger partial charge on any atom is -0.456 e. The van der Waals surface area contributed by atoms with Crippen molar-refractivity contribution in [3.8, 4) is 22.3 Å². The lowest BCUT2D eigenvalue weighted by Crippen LogP contribution is -2.49. The van der Waals surface area contributed by atoms with Gasteiger partial charge in [0.15, 0.2) is 0 Å². The van der Waals surface area contributed by atoms with Crippen LogP contribution in [0, 0.1) is 0 Å². The quantitative estimate of drug-likeness (QED) is 0.173. The fourth-order valence-corrected chi connectivity index (χ4v) is 12.0. The van der Waals surface area contributed by atoms with Crippen LogP contribution in [0.2, 0.25) is 13.1 Å². The highest BCUT2D eigenvalue weighted by molar-refractivity contribution is 7.05. The molecule has 2 aromatic heterocycles. The molecule has 1 aliphatic heterocycles. The van der Waals surface area contributed by atoms with Gasteiger partial charge in [-0.25, -0.2) is 0 Å². The fraction of sp³-hybridized carbons (Fsp3) is 0.0417. The molecule has 3 nitrogen and oxygen atoms in total. The molecule has 0 unspecified atom stereocenters. The third-order valence-corrected chi connectivity index (χ3v) is 14.7. The van der Waals surface area contributed by atoms with E-state index in [-0.39, 0.29) is 0 Å². The van der Waals surface area contributed by atoms with Gasteiger partial charge in [-0.2, -0.15) is 0 Å². The lowest BCUT2D eigenvalue weighted by Gasteiger charge is -2.28. The third kappa shape index (κ3) is 4.19. The summed E-state index contributed by atoms with van der Waals surface area (Å²) in [4.78, 5) is 2.42. The fourth-order valence-electron chi connectivity index (χ4n) is 8.73. The van der Waals surface area contributed by atoms with Crippen molar-refractivity contribution in [2.24, 2.45) is 0 Å². The van der Waals surface area contributed by atoms with Crippen LogP contribution in [-0.4, -0.2) is 8.07 Å². The van der Waals surface area contributed by atoms with Crippen molar-refractivity contribution >= 4 is 90.2 Å². The molecule has 246 valence electrons. The average molecular weight is 684 g/mol. The zero-order valence-corrected chi connectivity index (χ0v) is 29.9. The highest BCUT2D eigenvalue weighted by Crippen LogP contribution is 2.45. The number of furan rings is 2. The molecule has 0 N–H and O–H groups in total. The molecule has 1 aliphatic rings. The molecular weight excluding hydrogens is 651 g/mol. The normalized spacial score (nSPS) is 13.3. The Morgan fingerprint density at radius 3 is 1.98 bits per heavy atom. The summed E-state index contributed by atoms with van der Waals surface area (Å²) in [6, 6.07) is 59.1. The predicted molar refractivity (Wildman–Crippen MR) is 221 cm³/mol. The standard InChI is InChI=1S/C48H33NO2Si/c1-52(2)45-29-35(24-25-37(45)39-27-26-38-36-12-5-7-15-42(36)51-47(38)48(39)52)49(41-14-9-17-44-46(41)40-13-6-8-16-43(40)50-44)34-22-20-31(21-23-34)33-19-18-30-10-3-4-11-32(30)28-33/h3-29H,1-2H3. The van der Waals surface area contributed by atoms with E-state index in [9.17, 15) is 0 Å². The van der Waals surface area contributed by atoms with Gasteiger partial charge in [-0.3, -0.25) is 0 Å². The molecule has 11 rings (SSSR count). The van der Waals surface area contributed by atoms with Gasteiger partial charge in [0.25, 0.3) is 0 Å². The van der Waals surface area contributed by atoms with Crippen LogP contribution < -0.4 is 15.3 Å². The topological polar surface area (TPSA) is 29.5 Å². The SMILES string of the molecule is C[Si]1(C)c2cc(N(c3ccc(-c4ccc5ccccc5c4)cc3)c3cccc4oc5ccccc5c34)ccc2-c2ccc3c(oc4ccccc43)c21. The van der Waals surface area contributed by atoms with Gasteiger partial charge >= 0.3 is 0 Å². The Morgan fingerprint density at radius 2 is 1.13 bits per heavy atom. The first-order valence-corrected chi connectivity index (χ1v) is 20.9. The summed E-state index contributed by atoms with van der Waals surface area (Å²) in [6.07, 6.45) is 0. The number of hydrogen-bond donors (Lipinski definition) is 0. The number of anilines is 3. The van der Waals surface area contributed by atoms with Gasteiger partial charge in [0.2, 0.25) is 0 Å². The maximum atomic E-state index is 6.64. The van der Waals surface area contributed by atoms with Crippen LogP contribution >= 0.6 is 0 Å². The van der Waals surface area contributed by atoms with E-state index in [2.05, 4.69) is 176 Å². The van der Waals surface area contributed by atoms with Crippen molar-refractivity contribution in [3.63, 3.8) is 0 Å². The molecular formula is C48H33NO2Si. The second kappa shape index (κ2) is 10.8. The maximum Gasteiger partial charge on any atom is 0.137 e. The summed E-state index contributed by atoms with van der Waals surface area (Å²) in [5.41, 5.74) is 12.1. The molecule has 52 heavy (non-hydrogen) atoms. The lowest BCUT2D eigenvalue weighted by molar-refractivity contribution is 0.669. The number of nitrogens with zero attached hydrogens (tertiary/aromatic N) is 1. The van der Waals surface area contributed by atoms with E-state index in [1.165, 1.54) is 54.2 Å². The van der Waals surface area contributed by atoms with Crippen molar-refractivity contribution < 1.29 is 8.83 Å². The predicted octanol–water partition coefficient (Wildman–Crippen LogP) is 12.6. The molecule has 0 saturated heterocycles.